The SMILES string of the molecule is O=C(NC1CCCCC1)NC1CCN(c2ccc(OC(F)(F)F)cn2)CC1. The van der Waals surface area contributed by atoms with Crippen molar-refractivity contribution < 1.29 is 22.7 Å². The monoisotopic (exact) mass is 386 g/mol. The molecular formula is C18H25F3N4O2. The van der Waals surface area contributed by atoms with Crippen molar-refractivity contribution in [1.29, 1.82) is 0 Å². The van der Waals surface area contributed by atoms with Gasteiger partial charge in [0.2, 0.25) is 0 Å². The van der Waals surface area contributed by atoms with Crippen LogP contribution in [-0.4, -0.2) is 42.6 Å². The van der Waals surface area contributed by atoms with Gasteiger partial charge in [0.25, 0.3) is 0 Å². The van der Waals surface area contributed by atoms with E-state index in [2.05, 4.69) is 20.4 Å². The second-order valence-electron chi connectivity index (χ2n) is 7.11. The van der Waals surface area contributed by atoms with Crippen LogP contribution in [0.2, 0.25) is 0 Å². The van der Waals surface area contributed by atoms with Crippen LogP contribution in [0.5, 0.6) is 5.75 Å². The number of carbonyl (C=O) groups is 1. The molecule has 3 rings (SSSR count). The summed E-state index contributed by atoms with van der Waals surface area (Å²) in [4.78, 5) is 18.2. The van der Waals surface area contributed by atoms with Gasteiger partial charge in [-0.3, -0.25) is 0 Å². The summed E-state index contributed by atoms with van der Waals surface area (Å²) in [6.45, 7) is 1.36. The minimum atomic E-state index is -4.72. The molecule has 150 valence electrons. The smallest absolute Gasteiger partial charge is 0.404 e. The molecular weight excluding hydrogens is 361 g/mol. The molecule has 1 aromatic heterocycles. The van der Waals surface area contributed by atoms with Crippen LogP contribution in [0.15, 0.2) is 18.3 Å². The second kappa shape index (κ2) is 8.67. The predicted molar refractivity (Wildman–Crippen MR) is 94.7 cm³/mol. The van der Waals surface area contributed by atoms with E-state index < -0.39 is 6.36 Å². The Balaban J connectivity index is 1.42. The summed E-state index contributed by atoms with van der Waals surface area (Å²) in [7, 11) is 0. The predicted octanol–water partition coefficient (Wildman–Crippen LogP) is 3.58. The van der Waals surface area contributed by atoms with E-state index in [0.29, 0.717) is 18.9 Å². The number of nitrogens with zero attached hydrogens (tertiary/aromatic N) is 2. The van der Waals surface area contributed by atoms with Gasteiger partial charge in [-0.2, -0.15) is 0 Å². The number of ether oxygens (including phenoxy) is 1. The number of alkyl halides is 3. The van der Waals surface area contributed by atoms with Crippen LogP contribution in [-0.2, 0) is 0 Å². The van der Waals surface area contributed by atoms with E-state index in [1.807, 2.05) is 4.90 Å². The summed E-state index contributed by atoms with van der Waals surface area (Å²) in [5, 5.41) is 6.08. The maximum atomic E-state index is 12.2. The lowest BCUT2D eigenvalue weighted by molar-refractivity contribution is -0.274. The van der Waals surface area contributed by atoms with E-state index >= 15 is 0 Å². The average Bonchev–Trinajstić information content (AvgIpc) is 2.62. The van der Waals surface area contributed by atoms with Crippen LogP contribution in [0.25, 0.3) is 0 Å². The number of nitrogens with one attached hydrogen (secondary N) is 2. The molecule has 6 nitrogen and oxygen atoms in total. The van der Waals surface area contributed by atoms with Crippen molar-refractivity contribution in [1.82, 2.24) is 15.6 Å². The molecule has 9 heteroatoms. The first-order valence-corrected chi connectivity index (χ1v) is 9.43. The number of amides is 2. The van der Waals surface area contributed by atoms with E-state index in [4.69, 9.17) is 0 Å². The van der Waals surface area contributed by atoms with Gasteiger partial charge < -0.3 is 20.3 Å². The first kappa shape index (κ1) is 19.6. The van der Waals surface area contributed by atoms with E-state index in [1.54, 1.807) is 0 Å². The summed E-state index contributed by atoms with van der Waals surface area (Å²) in [6.07, 6.45) is 3.57. The summed E-state index contributed by atoms with van der Waals surface area (Å²) < 4.78 is 40.4. The van der Waals surface area contributed by atoms with Crippen molar-refractivity contribution in [2.24, 2.45) is 0 Å². The molecule has 1 aromatic rings. The molecule has 0 radical (unpaired) electrons. The van der Waals surface area contributed by atoms with Gasteiger partial charge in [-0.25, -0.2) is 9.78 Å². The zero-order valence-electron chi connectivity index (χ0n) is 15.1. The van der Waals surface area contributed by atoms with Crippen LogP contribution in [0, 0.1) is 0 Å². The Labute approximate surface area is 156 Å². The quantitative estimate of drug-likeness (QED) is 0.830. The van der Waals surface area contributed by atoms with Gasteiger partial charge in [-0.15, -0.1) is 13.2 Å². The average molecular weight is 386 g/mol. The Morgan fingerprint density at radius 1 is 1.04 bits per heavy atom. The van der Waals surface area contributed by atoms with Crippen LogP contribution in [0.1, 0.15) is 44.9 Å². The highest BCUT2D eigenvalue weighted by molar-refractivity contribution is 5.74. The standard InChI is InChI=1S/C18H25F3N4O2/c19-18(20,21)27-15-6-7-16(22-12-15)25-10-8-14(9-11-25)24-17(26)23-13-4-2-1-3-5-13/h6-7,12-14H,1-5,8-11H2,(H2,23,24,26). The van der Waals surface area contributed by atoms with Gasteiger partial charge >= 0.3 is 12.4 Å². The largest absolute Gasteiger partial charge is 0.573 e. The van der Waals surface area contributed by atoms with Crippen molar-refractivity contribution in [2.75, 3.05) is 18.0 Å². The molecule has 2 heterocycles. The first-order chi connectivity index (χ1) is 12.9. The fourth-order valence-corrected chi connectivity index (χ4v) is 3.67. The lowest BCUT2D eigenvalue weighted by Gasteiger charge is -2.33. The van der Waals surface area contributed by atoms with Crippen LogP contribution in [0.3, 0.4) is 0 Å². The fourth-order valence-electron chi connectivity index (χ4n) is 3.67. The molecule has 0 aromatic carbocycles. The van der Waals surface area contributed by atoms with Gasteiger partial charge in [-0.05, 0) is 37.8 Å². The number of anilines is 1. The van der Waals surface area contributed by atoms with Gasteiger partial charge in [0.1, 0.15) is 11.6 Å². The van der Waals surface area contributed by atoms with Crippen LogP contribution in [0.4, 0.5) is 23.8 Å². The van der Waals surface area contributed by atoms with Crippen LogP contribution >= 0.6 is 0 Å². The van der Waals surface area contributed by atoms with Gasteiger partial charge in [0.05, 0.1) is 6.20 Å². The summed E-state index contributed by atoms with van der Waals surface area (Å²) in [5.41, 5.74) is 0. The number of halogens is 3. The molecule has 1 saturated heterocycles. The molecule has 2 N–H and O–H groups in total. The van der Waals surface area contributed by atoms with E-state index in [1.165, 1.54) is 31.4 Å². The molecule has 27 heavy (non-hydrogen) atoms. The molecule has 2 aliphatic rings. The second-order valence-corrected chi connectivity index (χ2v) is 7.11. The molecule has 2 fully saturated rings. The third-order valence-electron chi connectivity index (χ3n) is 5.05. The normalized spacial score (nSPS) is 19.6. The zero-order chi connectivity index (χ0) is 19.3. The number of urea groups is 1. The molecule has 0 bridgehead atoms. The fraction of sp³-hybridized carbons (Fsp3) is 0.667. The van der Waals surface area contributed by atoms with Crippen LogP contribution < -0.4 is 20.3 Å². The zero-order valence-corrected chi connectivity index (χ0v) is 15.1. The van der Waals surface area contributed by atoms with E-state index in [0.717, 1.165) is 31.9 Å². The Morgan fingerprint density at radius 2 is 1.67 bits per heavy atom. The number of rotatable bonds is 4. The van der Waals surface area contributed by atoms with Crippen molar-refractivity contribution in [2.45, 2.75) is 63.4 Å². The molecule has 0 unspecified atom stereocenters. The maximum absolute atomic E-state index is 12.2. The van der Waals surface area contributed by atoms with E-state index in [-0.39, 0.29) is 23.9 Å². The van der Waals surface area contributed by atoms with Gasteiger partial charge in [0.15, 0.2) is 0 Å². The Hall–Kier alpha value is -2.19. The first-order valence-electron chi connectivity index (χ1n) is 9.43. The van der Waals surface area contributed by atoms with Gasteiger partial charge in [0, 0.05) is 25.2 Å². The van der Waals surface area contributed by atoms with E-state index in [9.17, 15) is 18.0 Å². The molecule has 1 aliphatic carbocycles. The van der Waals surface area contributed by atoms with Crippen molar-refractivity contribution in [3.8, 4) is 5.75 Å². The maximum Gasteiger partial charge on any atom is 0.573 e. The number of aromatic nitrogens is 1. The Morgan fingerprint density at radius 3 is 2.22 bits per heavy atom. The number of piperidine rings is 1. The number of hydrogen-bond donors (Lipinski definition) is 2. The third kappa shape index (κ3) is 6.18. The molecule has 1 saturated carbocycles. The number of carbonyl (C=O) groups excluding carboxylic acids is 1. The Bertz CT molecular complexity index is 610. The highest BCUT2D eigenvalue weighted by atomic mass is 19.4. The van der Waals surface area contributed by atoms with Crippen molar-refractivity contribution >= 4 is 11.8 Å². The Kier molecular flexibility index (Phi) is 6.28. The molecule has 2 amide bonds. The molecule has 1 aliphatic heterocycles. The third-order valence-corrected chi connectivity index (χ3v) is 5.05. The summed E-state index contributed by atoms with van der Waals surface area (Å²) in [5.74, 6) is 0.275. The topological polar surface area (TPSA) is 66.5 Å². The minimum Gasteiger partial charge on any atom is -0.404 e. The number of pyridine rings is 1. The lowest BCUT2D eigenvalue weighted by atomic mass is 9.96. The van der Waals surface area contributed by atoms with Crippen molar-refractivity contribution in [3.05, 3.63) is 18.3 Å². The lowest BCUT2D eigenvalue weighted by Crippen LogP contribution is -2.50. The minimum absolute atomic E-state index is 0.0951. The highest BCUT2D eigenvalue weighted by Crippen LogP contribution is 2.25. The molecule has 0 spiro atoms. The number of hydrogen-bond acceptors (Lipinski definition) is 4. The summed E-state index contributed by atoms with van der Waals surface area (Å²) >= 11 is 0. The summed E-state index contributed by atoms with van der Waals surface area (Å²) in [6, 6.07) is 3.05. The molecule has 0 atom stereocenters. The van der Waals surface area contributed by atoms with Gasteiger partial charge in [-0.1, -0.05) is 19.3 Å². The van der Waals surface area contributed by atoms with Crippen molar-refractivity contribution in [3.63, 3.8) is 0 Å². The highest BCUT2D eigenvalue weighted by Gasteiger charge is 2.31.